The average Bonchev–Trinajstić information content (AvgIpc) is 3.15. The number of nitrogens with zero attached hydrogens (tertiary/aromatic N) is 4. The maximum absolute atomic E-state index is 13.5. The van der Waals surface area contributed by atoms with Gasteiger partial charge in [0, 0.05) is 12.3 Å². The van der Waals surface area contributed by atoms with Crippen molar-refractivity contribution in [3.63, 3.8) is 0 Å². The lowest BCUT2D eigenvalue weighted by molar-refractivity contribution is 0.423. The van der Waals surface area contributed by atoms with Crippen LogP contribution in [0.15, 0.2) is 23.4 Å². The minimum atomic E-state index is -0.246. The quantitative estimate of drug-likeness (QED) is 0.860. The molecular weight excluding hydrogens is 289 g/mol. The van der Waals surface area contributed by atoms with E-state index in [2.05, 4.69) is 15.5 Å². The number of rotatable bonds is 5. The van der Waals surface area contributed by atoms with E-state index >= 15 is 0 Å². The minimum absolute atomic E-state index is 0.246. The third kappa shape index (κ3) is 3.41. The molecule has 0 unspecified atom stereocenters. The number of tetrazole rings is 1. The maximum Gasteiger partial charge on any atom is 0.209 e. The van der Waals surface area contributed by atoms with E-state index in [0.29, 0.717) is 18.3 Å². The summed E-state index contributed by atoms with van der Waals surface area (Å²) in [5.41, 5.74) is 7.29. The third-order valence-corrected chi connectivity index (χ3v) is 4.76. The molecule has 1 aromatic carbocycles. The summed E-state index contributed by atoms with van der Waals surface area (Å²) in [6, 6.07) is 5.35. The molecule has 1 aliphatic rings. The second-order valence-corrected chi connectivity index (χ2v) is 6.25. The molecule has 0 atom stereocenters. The number of benzene rings is 1. The van der Waals surface area contributed by atoms with Crippen LogP contribution in [0.2, 0.25) is 0 Å². The third-order valence-electron chi connectivity index (χ3n) is 3.75. The zero-order valence-corrected chi connectivity index (χ0v) is 12.5. The van der Waals surface area contributed by atoms with Gasteiger partial charge in [-0.3, -0.25) is 0 Å². The molecule has 7 heteroatoms. The Labute approximate surface area is 127 Å². The van der Waals surface area contributed by atoms with Crippen molar-refractivity contribution >= 4 is 11.8 Å². The highest BCUT2D eigenvalue weighted by molar-refractivity contribution is 7.98. The Balaban J connectivity index is 1.70. The first-order chi connectivity index (χ1) is 10.3. The van der Waals surface area contributed by atoms with Crippen molar-refractivity contribution in [1.29, 1.82) is 0 Å². The molecule has 5 nitrogen and oxygen atoms in total. The van der Waals surface area contributed by atoms with Crippen molar-refractivity contribution < 1.29 is 4.39 Å². The number of hydrogen-bond donors (Lipinski definition) is 1. The van der Waals surface area contributed by atoms with E-state index in [1.165, 1.54) is 25.0 Å². The lowest BCUT2D eigenvalue weighted by Crippen LogP contribution is -2.08. The highest BCUT2D eigenvalue weighted by Gasteiger charge is 2.21. The fourth-order valence-corrected chi connectivity index (χ4v) is 3.60. The van der Waals surface area contributed by atoms with Crippen LogP contribution in [0.5, 0.6) is 0 Å². The summed E-state index contributed by atoms with van der Waals surface area (Å²) in [5.74, 6) is 0.390. The first-order valence-corrected chi connectivity index (χ1v) is 8.14. The SMILES string of the molecule is NCc1cc(F)cc(CSc2nnnn2C2CCCC2)c1. The summed E-state index contributed by atoms with van der Waals surface area (Å²) in [6.07, 6.45) is 4.74. The van der Waals surface area contributed by atoms with Crippen LogP contribution in [-0.4, -0.2) is 20.2 Å². The van der Waals surface area contributed by atoms with E-state index in [1.54, 1.807) is 11.8 Å². The number of hydrogen-bond acceptors (Lipinski definition) is 5. The van der Waals surface area contributed by atoms with Gasteiger partial charge in [-0.1, -0.05) is 30.7 Å². The van der Waals surface area contributed by atoms with E-state index in [-0.39, 0.29) is 5.82 Å². The van der Waals surface area contributed by atoms with Gasteiger partial charge in [0.15, 0.2) is 0 Å². The largest absolute Gasteiger partial charge is 0.326 e. The molecule has 2 N–H and O–H groups in total. The summed E-state index contributed by atoms with van der Waals surface area (Å²) in [5, 5.41) is 12.8. The summed E-state index contributed by atoms with van der Waals surface area (Å²) in [4.78, 5) is 0. The molecule has 112 valence electrons. The van der Waals surface area contributed by atoms with Gasteiger partial charge in [-0.05, 0) is 46.5 Å². The fraction of sp³-hybridized carbons (Fsp3) is 0.500. The minimum Gasteiger partial charge on any atom is -0.326 e. The Kier molecular flexibility index (Phi) is 4.50. The van der Waals surface area contributed by atoms with E-state index in [0.717, 1.165) is 29.1 Å². The van der Waals surface area contributed by atoms with Crippen molar-refractivity contribution in [2.75, 3.05) is 0 Å². The molecule has 1 aromatic heterocycles. The van der Waals surface area contributed by atoms with E-state index in [4.69, 9.17) is 5.73 Å². The number of nitrogens with two attached hydrogens (primary N) is 1. The second-order valence-electron chi connectivity index (χ2n) is 5.30. The van der Waals surface area contributed by atoms with Crippen LogP contribution in [0.3, 0.4) is 0 Å². The van der Waals surface area contributed by atoms with Crippen LogP contribution < -0.4 is 5.73 Å². The van der Waals surface area contributed by atoms with Crippen LogP contribution in [0, 0.1) is 5.82 Å². The van der Waals surface area contributed by atoms with E-state index < -0.39 is 0 Å². The van der Waals surface area contributed by atoms with Gasteiger partial charge in [0.25, 0.3) is 0 Å². The summed E-state index contributed by atoms with van der Waals surface area (Å²) in [6.45, 7) is 0.342. The van der Waals surface area contributed by atoms with E-state index in [1.807, 2.05) is 10.7 Å². The first-order valence-electron chi connectivity index (χ1n) is 7.15. The second kappa shape index (κ2) is 6.53. The van der Waals surface area contributed by atoms with Crippen molar-refractivity contribution in [1.82, 2.24) is 20.2 Å². The van der Waals surface area contributed by atoms with Crippen molar-refractivity contribution in [2.24, 2.45) is 5.73 Å². The van der Waals surface area contributed by atoms with Gasteiger partial charge in [0.2, 0.25) is 5.16 Å². The Hall–Kier alpha value is -1.47. The molecule has 0 spiro atoms. The Bertz CT molecular complexity index is 609. The van der Waals surface area contributed by atoms with Gasteiger partial charge in [-0.2, -0.15) is 0 Å². The number of aromatic nitrogens is 4. The molecule has 0 saturated heterocycles. The summed E-state index contributed by atoms with van der Waals surface area (Å²) in [7, 11) is 0. The molecule has 0 aliphatic heterocycles. The van der Waals surface area contributed by atoms with Crippen LogP contribution in [-0.2, 0) is 12.3 Å². The van der Waals surface area contributed by atoms with Crippen LogP contribution in [0.1, 0.15) is 42.9 Å². The average molecular weight is 307 g/mol. The predicted molar refractivity (Wildman–Crippen MR) is 79.2 cm³/mol. The molecule has 0 bridgehead atoms. The van der Waals surface area contributed by atoms with Crippen molar-refractivity contribution in [3.8, 4) is 0 Å². The van der Waals surface area contributed by atoms with Gasteiger partial charge in [-0.15, -0.1) is 5.10 Å². The molecular formula is C14H18FN5S. The predicted octanol–water partition coefficient (Wildman–Crippen LogP) is 2.68. The maximum atomic E-state index is 13.5. The molecule has 21 heavy (non-hydrogen) atoms. The van der Waals surface area contributed by atoms with Gasteiger partial charge >= 0.3 is 0 Å². The number of thioether (sulfide) groups is 1. The van der Waals surface area contributed by atoms with Gasteiger partial charge < -0.3 is 5.73 Å². The first kappa shape index (κ1) is 14.5. The van der Waals surface area contributed by atoms with Crippen LogP contribution >= 0.6 is 11.8 Å². The topological polar surface area (TPSA) is 69.6 Å². The molecule has 3 rings (SSSR count). The van der Waals surface area contributed by atoms with E-state index in [9.17, 15) is 4.39 Å². The summed E-state index contributed by atoms with van der Waals surface area (Å²) < 4.78 is 15.4. The molecule has 1 fully saturated rings. The Morgan fingerprint density at radius 2 is 2.00 bits per heavy atom. The fourth-order valence-electron chi connectivity index (χ4n) is 2.72. The highest BCUT2D eigenvalue weighted by Crippen LogP contribution is 2.32. The van der Waals surface area contributed by atoms with Gasteiger partial charge in [0.1, 0.15) is 5.82 Å². The smallest absolute Gasteiger partial charge is 0.209 e. The standard InChI is InChI=1S/C14H18FN5S/c15-12-6-10(8-16)5-11(7-12)9-21-14-17-18-19-20(14)13-3-1-2-4-13/h5-7,13H,1-4,8-9,16H2. The molecule has 2 aromatic rings. The molecule has 1 aliphatic carbocycles. The normalized spacial score (nSPS) is 15.7. The van der Waals surface area contributed by atoms with Crippen molar-refractivity contribution in [2.45, 2.75) is 49.2 Å². The zero-order chi connectivity index (χ0) is 14.7. The molecule has 1 saturated carbocycles. The number of halogens is 1. The molecule has 1 heterocycles. The highest BCUT2D eigenvalue weighted by atomic mass is 32.2. The van der Waals surface area contributed by atoms with Crippen LogP contribution in [0.25, 0.3) is 0 Å². The Morgan fingerprint density at radius 1 is 1.24 bits per heavy atom. The van der Waals surface area contributed by atoms with Crippen molar-refractivity contribution in [3.05, 3.63) is 35.1 Å². The van der Waals surface area contributed by atoms with Crippen LogP contribution in [0.4, 0.5) is 4.39 Å². The Morgan fingerprint density at radius 3 is 2.76 bits per heavy atom. The molecule has 0 amide bonds. The van der Waals surface area contributed by atoms with Gasteiger partial charge in [0.05, 0.1) is 6.04 Å². The summed E-state index contributed by atoms with van der Waals surface area (Å²) >= 11 is 1.54. The monoisotopic (exact) mass is 307 g/mol. The lowest BCUT2D eigenvalue weighted by atomic mass is 10.1. The molecule has 0 radical (unpaired) electrons. The zero-order valence-electron chi connectivity index (χ0n) is 11.7. The lowest BCUT2D eigenvalue weighted by Gasteiger charge is -2.11. The van der Waals surface area contributed by atoms with Gasteiger partial charge in [-0.25, -0.2) is 9.07 Å².